The summed E-state index contributed by atoms with van der Waals surface area (Å²) in [4.78, 5) is 0. The molecule has 19 heavy (non-hydrogen) atoms. The van der Waals surface area contributed by atoms with Gasteiger partial charge in [0.1, 0.15) is 0 Å². The van der Waals surface area contributed by atoms with Crippen molar-refractivity contribution in [2.75, 3.05) is 6.54 Å². The summed E-state index contributed by atoms with van der Waals surface area (Å²) in [6, 6.07) is 17.6. The van der Waals surface area contributed by atoms with Crippen molar-refractivity contribution in [2.45, 2.75) is 32.2 Å². The van der Waals surface area contributed by atoms with Crippen LogP contribution in [0.4, 0.5) is 0 Å². The molecule has 0 aliphatic heterocycles. The lowest BCUT2D eigenvalue weighted by atomic mass is 10.1. The topological polar surface area (TPSA) is 12.0 Å². The van der Waals surface area contributed by atoms with E-state index in [1.165, 1.54) is 30.4 Å². The molecule has 1 aliphatic carbocycles. The number of hydrogen-bond acceptors (Lipinski definition) is 1. The highest BCUT2D eigenvalue weighted by atomic mass is 14.8. The minimum atomic E-state index is 0.986. The van der Waals surface area contributed by atoms with Gasteiger partial charge < -0.3 is 5.32 Å². The highest BCUT2D eigenvalue weighted by Crippen LogP contribution is 2.22. The fraction of sp³-hybridized carbons (Fsp3) is 0.333. The lowest BCUT2D eigenvalue weighted by Crippen LogP contribution is -2.16. The van der Waals surface area contributed by atoms with Crippen molar-refractivity contribution in [3.63, 3.8) is 0 Å². The first kappa shape index (κ1) is 12.4. The van der Waals surface area contributed by atoms with Gasteiger partial charge in [-0.25, -0.2) is 0 Å². The van der Waals surface area contributed by atoms with Gasteiger partial charge in [0, 0.05) is 6.54 Å². The molecule has 1 nitrogen and oxygen atoms in total. The van der Waals surface area contributed by atoms with Crippen LogP contribution < -0.4 is 5.32 Å². The molecule has 0 radical (unpaired) electrons. The van der Waals surface area contributed by atoms with E-state index in [0.717, 1.165) is 19.5 Å². The average Bonchev–Trinajstić information content (AvgIpc) is 2.92. The lowest BCUT2D eigenvalue weighted by molar-refractivity contribution is 0.686. The van der Waals surface area contributed by atoms with E-state index in [9.17, 15) is 0 Å². The van der Waals surface area contributed by atoms with Gasteiger partial charge in [-0.05, 0) is 54.5 Å². The molecule has 0 aromatic heterocycles. The minimum Gasteiger partial charge on any atom is -0.312 e. The second kappa shape index (κ2) is 6.03. The maximum absolute atomic E-state index is 3.54. The van der Waals surface area contributed by atoms with E-state index in [2.05, 4.69) is 53.8 Å². The molecule has 0 bridgehead atoms. The highest BCUT2D eigenvalue weighted by molar-refractivity contribution is 5.35. The van der Waals surface area contributed by atoms with Crippen LogP contribution in [0.25, 0.3) is 0 Å². The SMILES string of the molecule is c1ccc(CCNCc2ccc3c(c2)CCC3)cc1. The van der Waals surface area contributed by atoms with Crippen molar-refractivity contribution in [2.24, 2.45) is 0 Å². The molecular weight excluding hydrogens is 230 g/mol. The van der Waals surface area contributed by atoms with Crippen LogP contribution in [0.2, 0.25) is 0 Å². The van der Waals surface area contributed by atoms with Crippen LogP contribution in [-0.4, -0.2) is 6.54 Å². The summed E-state index contributed by atoms with van der Waals surface area (Å²) >= 11 is 0. The molecule has 0 heterocycles. The standard InChI is InChI=1S/C18H21N/c1-2-5-15(6-3-1)11-12-19-14-16-9-10-17-7-4-8-18(17)13-16/h1-3,5-6,9-10,13,19H,4,7-8,11-12,14H2. The molecule has 0 fully saturated rings. The molecule has 3 rings (SSSR count). The quantitative estimate of drug-likeness (QED) is 0.802. The monoisotopic (exact) mass is 251 g/mol. The average molecular weight is 251 g/mol. The highest BCUT2D eigenvalue weighted by Gasteiger charge is 2.10. The van der Waals surface area contributed by atoms with Crippen LogP contribution in [0, 0.1) is 0 Å². The third-order valence-electron chi connectivity index (χ3n) is 3.93. The zero-order chi connectivity index (χ0) is 12.9. The first-order valence-corrected chi connectivity index (χ1v) is 7.27. The zero-order valence-electron chi connectivity index (χ0n) is 11.4. The Kier molecular flexibility index (Phi) is 3.95. The van der Waals surface area contributed by atoms with Crippen molar-refractivity contribution in [1.82, 2.24) is 5.32 Å². The molecule has 0 spiro atoms. The molecule has 0 saturated carbocycles. The van der Waals surface area contributed by atoms with Gasteiger partial charge in [-0.2, -0.15) is 0 Å². The molecule has 2 aromatic carbocycles. The third kappa shape index (κ3) is 3.24. The Balaban J connectivity index is 1.48. The van der Waals surface area contributed by atoms with E-state index in [1.54, 1.807) is 11.1 Å². The van der Waals surface area contributed by atoms with Gasteiger partial charge in [-0.1, -0.05) is 48.5 Å². The van der Waals surface area contributed by atoms with Crippen LogP contribution in [0.3, 0.4) is 0 Å². The summed E-state index contributed by atoms with van der Waals surface area (Å²) in [6.45, 7) is 2.03. The van der Waals surface area contributed by atoms with Gasteiger partial charge in [0.05, 0.1) is 0 Å². The van der Waals surface area contributed by atoms with Crippen molar-refractivity contribution < 1.29 is 0 Å². The smallest absolute Gasteiger partial charge is 0.0205 e. The van der Waals surface area contributed by atoms with Crippen molar-refractivity contribution in [3.8, 4) is 0 Å². The molecule has 98 valence electrons. The molecule has 0 amide bonds. The summed E-state index contributed by atoms with van der Waals surface area (Å²) in [5.74, 6) is 0. The maximum Gasteiger partial charge on any atom is 0.0205 e. The fourth-order valence-corrected chi connectivity index (χ4v) is 2.85. The minimum absolute atomic E-state index is 0.986. The van der Waals surface area contributed by atoms with Crippen molar-refractivity contribution in [1.29, 1.82) is 0 Å². The van der Waals surface area contributed by atoms with Gasteiger partial charge in [-0.3, -0.25) is 0 Å². The Hall–Kier alpha value is -1.60. The molecule has 1 heteroatoms. The summed E-state index contributed by atoms with van der Waals surface area (Å²) in [6.07, 6.45) is 4.98. The van der Waals surface area contributed by atoms with Crippen LogP contribution in [0.5, 0.6) is 0 Å². The Bertz CT molecular complexity index is 531. The van der Waals surface area contributed by atoms with E-state index < -0.39 is 0 Å². The van der Waals surface area contributed by atoms with Gasteiger partial charge in [-0.15, -0.1) is 0 Å². The van der Waals surface area contributed by atoms with E-state index in [1.807, 2.05) is 0 Å². The number of rotatable bonds is 5. The van der Waals surface area contributed by atoms with Gasteiger partial charge in [0.2, 0.25) is 0 Å². The predicted octanol–water partition coefficient (Wildman–Crippen LogP) is 3.51. The predicted molar refractivity (Wildman–Crippen MR) is 80.3 cm³/mol. The zero-order valence-corrected chi connectivity index (χ0v) is 11.4. The van der Waals surface area contributed by atoms with Gasteiger partial charge in [0.15, 0.2) is 0 Å². The van der Waals surface area contributed by atoms with Gasteiger partial charge >= 0.3 is 0 Å². The largest absolute Gasteiger partial charge is 0.312 e. The molecule has 1 aliphatic rings. The Morgan fingerprint density at radius 3 is 2.58 bits per heavy atom. The number of aryl methyl sites for hydroxylation is 2. The lowest BCUT2D eigenvalue weighted by Gasteiger charge is -2.07. The van der Waals surface area contributed by atoms with Gasteiger partial charge in [0.25, 0.3) is 0 Å². The Morgan fingerprint density at radius 1 is 0.842 bits per heavy atom. The third-order valence-corrected chi connectivity index (χ3v) is 3.93. The number of benzene rings is 2. The van der Waals surface area contributed by atoms with E-state index in [0.29, 0.717) is 0 Å². The molecule has 0 saturated heterocycles. The molecule has 0 atom stereocenters. The molecule has 2 aromatic rings. The fourth-order valence-electron chi connectivity index (χ4n) is 2.85. The summed E-state index contributed by atoms with van der Waals surface area (Å²) < 4.78 is 0. The normalized spacial score (nSPS) is 13.5. The van der Waals surface area contributed by atoms with E-state index in [-0.39, 0.29) is 0 Å². The van der Waals surface area contributed by atoms with Crippen molar-refractivity contribution >= 4 is 0 Å². The molecule has 1 N–H and O–H groups in total. The number of hydrogen-bond donors (Lipinski definition) is 1. The summed E-state index contributed by atoms with van der Waals surface area (Å²) in [5, 5.41) is 3.54. The van der Waals surface area contributed by atoms with E-state index >= 15 is 0 Å². The maximum atomic E-state index is 3.54. The van der Waals surface area contributed by atoms with Crippen LogP contribution in [0.15, 0.2) is 48.5 Å². The second-order valence-corrected chi connectivity index (χ2v) is 5.37. The molecular formula is C18H21N. The number of fused-ring (bicyclic) bond motifs is 1. The number of nitrogens with one attached hydrogen (secondary N) is 1. The van der Waals surface area contributed by atoms with Crippen LogP contribution in [-0.2, 0) is 25.8 Å². The Labute approximate surface area is 115 Å². The summed E-state index contributed by atoms with van der Waals surface area (Å²) in [5.41, 5.74) is 5.97. The van der Waals surface area contributed by atoms with E-state index in [4.69, 9.17) is 0 Å². The van der Waals surface area contributed by atoms with Crippen LogP contribution >= 0.6 is 0 Å². The molecule has 0 unspecified atom stereocenters. The Morgan fingerprint density at radius 2 is 1.68 bits per heavy atom. The van der Waals surface area contributed by atoms with Crippen molar-refractivity contribution in [3.05, 3.63) is 70.8 Å². The van der Waals surface area contributed by atoms with Crippen LogP contribution in [0.1, 0.15) is 28.7 Å². The second-order valence-electron chi connectivity index (χ2n) is 5.37. The first-order chi connectivity index (χ1) is 9.42. The first-order valence-electron chi connectivity index (χ1n) is 7.27. The summed E-state index contributed by atoms with van der Waals surface area (Å²) in [7, 11) is 0.